The number of thioether (sulfide) groups is 1. The Morgan fingerprint density at radius 2 is 2.13 bits per heavy atom. The van der Waals surface area contributed by atoms with Gasteiger partial charge in [-0.15, -0.1) is 11.8 Å². The highest BCUT2D eigenvalue weighted by molar-refractivity contribution is 7.99. The molecule has 0 aliphatic heterocycles. The summed E-state index contributed by atoms with van der Waals surface area (Å²) in [4.78, 5) is 5.50. The van der Waals surface area contributed by atoms with Gasteiger partial charge in [-0.1, -0.05) is 18.2 Å². The summed E-state index contributed by atoms with van der Waals surface area (Å²) in [6.07, 6.45) is 2.40. The highest BCUT2D eigenvalue weighted by Gasteiger charge is 2.00. The number of aromatic nitrogens is 1. The molecule has 2 nitrogen and oxygen atoms in total. The van der Waals surface area contributed by atoms with Crippen molar-refractivity contribution in [2.45, 2.75) is 11.3 Å². The predicted octanol–water partition coefficient (Wildman–Crippen LogP) is 3.24. The summed E-state index contributed by atoms with van der Waals surface area (Å²) in [7, 11) is 0. The van der Waals surface area contributed by atoms with Gasteiger partial charge in [-0.3, -0.25) is 4.98 Å². The molecule has 2 aromatic rings. The van der Waals surface area contributed by atoms with Gasteiger partial charge in [0.15, 0.2) is 0 Å². The average molecular weight is 214 g/mol. The topological polar surface area (TPSA) is 36.7 Å². The van der Waals surface area contributed by atoms with Crippen LogP contribution in [0.2, 0.25) is 0 Å². The van der Waals surface area contributed by atoms with Gasteiger partial charge in [0.25, 0.3) is 0 Å². The first-order valence-electron chi connectivity index (χ1n) is 4.75. The van der Waals surface area contributed by atoms with E-state index >= 15 is 0 Å². The standard InChI is InChI=1S/C12H10N2S/c13-7-3-9-15-12-6-8-14-11-5-2-1-4-10(11)12/h1-2,4-6,8H,3,9H2. The second kappa shape index (κ2) is 4.81. The zero-order valence-electron chi connectivity index (χ0n) is 8.18. The smallest absolute Gasteiger partial charge is 0.0713 e. The second-order valence-electron chi connectivity index (χ2n) is 3.08. The van der Waals surface area contributed by atoms with Crippen molar-refractivity contribution in [2.75, 3.05) is 5.75 Å². The minimum Gasteiger partial charge on any atom is -0.256 e. The molecule has 0 aliphatic rings. The first-order valence-corrected chi connectivity index (χ1v) is 5.74. The van der Waals surface area contributed by atoms with Crippen molar-refractivity contribution in [2.24, 2.45) is 0 Å². The van der Waals surface area contributed by atoms with Gasteiger partial charge in [0.1, 0.15) is 0 Å². The molecule has 1 aromatic heterocycles. The van der Waals surface area contributed by atoms with Crippen LogP contribution in [0.1, 0.15) is 6.42 Å². The minimum atomic E-state index is 0.585. The molecule has 0 atom stereocenters. The van der Waals surface area contributed by atoms with E-state index in [4.69, 9.17) is 5.26 Å². The lowest BCUT2D eigenvalue weighted by atomic mass is 10.2. The van der Waals surface area contributed by atoms with E-state index in [0.717, 1.165) is 11.3 Å². The Balaban J connectivity index is 2.31. The van der Waals surface area contributed by atoms with Crippen molar-refractivity contribution in [3.63, 3.8) is 0 Å². The van der Waals surface area contributed by atoms with E-state index in [9.17, 15) is 0 Å². The number of fused-ring (bicyclic) bond motifs is 1. The van der Waals surface area contributed by atoms with Crippen molar-refractivity contribution in [1.29, 1.82) is 5.26 Å². The van der Waals surface area contributed by atoms with Gasteiger partial charge < -0.3 is 0 Å². The van der Waals surface area contributed by atoms with Crippen LogP contribution < -0.4 is 0 Å². The fourth-order valence-corrected chi connectivity index (χ4v) is 2.30. The molecule has 2 rings (SSSR count). The van der Waals surface area contributed by atoms with Crippen molar-refractivity contribution in [3.05, 3.63) is 36.5 Å². The van der Waals surface area contributed by atoms with Crippen LogP contribution in [-0.2, 0) is 0 Å². The number of hydrogen-bond acceptors (Lipinski definition) is 3. The van der Waals surface area contributed by atoms with E-state index in [-0.39, 0.29) is 0 Å². The monoisotopic (exact) mass is 214 g/mol. The molecule has 0 radical (unpaired) electrons. The highest BCUT2D eigenvalue weighted by Crippen LogP contribution is 2.26. The molecule has 0 amide bonds. The Morgan fingerprint density at radius 1 is 1.27 bits per heavy atom. The summed E-state index contributed by atoms with van der Waals surface area (Å²) in [6, 6.07) is 12.2. The molecule has 0 fully saturated rings. The fourth-order valence-electron chi connectivity index (χ4n) is 1.40. The number of hydrogen-bond donors (Lipinski definition) is 0. The van der Waals surface area contributed by atoms with Crippen LogP contribution in [0.5, 0.6) is 0 Å². The molecule has 1 aromatic carbocycles. The van der Waals surface area contributed by atoms with Crippen molar-refractivity contribution in [1.82, 2.24) is 4.98 Å². The molecule has 0 spiro atoms. The molecule has 0 bridgehead atoms. The lowest BCUT2D eigenvalue weighted by molar-refractivity contribution is 1.23. The van der Waals surface area contributed by atoms with Crippen LogP contribution in [0.25, 0.3) is 10.9 Å². The maximum absolute atomic E-state index is 8.48. The molecular weight excluding hydrogens is 204 g/mol. The van der Waals surface area contributed by atoms with Gasteiger partial charge >= 0.3 is 0 Å². The quantitative estimate of drug-likeness (QED) is 0.581. The molecule has 0 saturated carbocycles. The fraction of sp³-hybridized carbons (Fsp3) is 0.167. The molecular formula is C12H10N2S. The van der Waals surface area contributed by atoms with Gasteiger partial charge in [-0.05, 0) is 12.1 Å². The zero-order chi connectivity index (χ0) is 10.5. The van der Waals surface area contributed by atoms with E-state index < -0.39 is 0 Å². The number of rotatable bonds is 3. The van der Waals surface area contributed by atoms with Crippen LogP contribution in [-0.4, -0.2) is 10.7 Å². The van der Waals surface area contributed by atoms with Crippen LogP contribution >= 0.6 is 11.8 Å². The summed E-state index contributed by atoms with van der Waals surface area (Å²) in [5, 5.41) is 9.65. The number of pyridine rings is 1. The predicted molar refractivity (Wildman–Crippen MR) is 62.7 cm³/mol. The van der Waals surface area contributed by atoms with E-state index in [1.54, 1.807) is 11.8 Å². The van der Waals surface area contributed by atoms with E-state index in [2.05, 4.69) is 17.1 Å². The van der Waals surface area contributed by atoms with Gasteiger partial charge in [0.2, 0.25) is 0 Å². The number of nitriles is 1. The van der Waals surface area contributed by atoms with Crippen molar-refractivity contribution >= 4 is 22.7 Å². The molecule has 0 unspecified atom stereocenters. The maximum Gasteiger partial charge on any atom is 0.0713 e. The zero-order valence-corrected chi connectivity index (χ0v) is 9.00. The second-order valence-corrected chi connectivity index (χ2v) is 4.22. The molecule has 1 heterocycles. The number of benzene rings is 1. The highest BCUT2D eigenvalue weighted by atomic mass is 32.2. The van der Waals surface area contributed by atoms with E-state index in [1.165, 1.54) is 10.3 Å². The summed E-state index contributed by atoms with van der Waals surface area (Å²) < 4.78 is 0. The van der Waals surface area contributed by atoms with Gasteiger partial charge in [0.05, 0.1) is 11.6 Å². The van der Waals surface area contributed by atoms with E-state index in [1.807, 2.05) is 30.5 Å². The average Bonchev–Trinajstić information content (AvgIpc) is 2.30. The summed E-state index contributed by atoms with van der Waals surface area (Å²) in [5.41, 5.74) is 1.01. The van der Waals surface area contributed by atoms with Gasteiger partial charge in [0, 0.05) is 28.7 Å². The minimum absolute atomic E-state index is 0.585. The summed E-state index contributed by atoms with van der Waals surface area (Å²) in [5.74, 6) is 0.838. The van der Waals surface area contributed by atoms with Crippen LogP contribution in [0.4, 0.5) is 0 Å². The normalized spacial score (nSPS) is 10.1. The first kappa shape index (κ1) is 10.0. The van der Waals surface area contributed by atoms with E-state index in [0.29, 0.717) is 6.42 Å². The Morgan fingerprint density at radius 3 is 3.00 bits per heavy atom. The molecule has 74 valence electrons. The number of para-hydroxylation sites is 1. The SMILES string of the molecule is N#CCCSc1ccnc2ccccc12. The maximum atomic E-state index is 8.48. The summed E-state index contributed by atoms with van der Waals surface area (Å²) >= 11 is 1.71. The lowest BCUT2D eigenvalue weighted by Gasteiger charge is -2.03. The summed E-state index contributed by atoms with van der Waals surface area (Å²) in [6.45, 7) is 0. The van der Waals surface area contributed by atoms with Crippen LogP contribution in [0, 0.1) is 11.3 Å². The Hall–Kier alpha value is -1.53. The Bertz CT molecular complexity index is 497. The van der Waals surface area contributed by atoms with Crippen LogP contribution in [0.3, 0.4) is 0 Å². The van der Waals surface area contributed by atoms with Crippen molar-refractivity contribution in [3.8, 4) is 6.07 Å². The molecule has 3 heteroatoms. The molecule has 15 heavy (non-hydrogen) atoms. The Labute approximate surface area is 92.9 Å². The third-order valence-electron chi connectivity index (χ3n) is 2.08. The lowest BCUT2D eigenvalue weighted by Crippen LogP contribution is -1.82. The molecule has 0 N–H and O–H groups in total. The van der Waals surface area contributed by atoms with Gasteiger partial charge in [-0.25, -0.2) is 0 Å². The number of nitrogens with zero attached hydrogens (tertiary/aromatic N) is 2. The Kier molecular flexibility index (Phi) is 3.21. The molecule has 0 saturated heterocycles. The van der Waals surface area contributed by atoms with Crippen molar-refractivity contribution < 1.29 is 0 Å². The third-order valence-corrected chi connectivity index (χ3v) is 3.16. The van der Waals surface area contributed by atoms with Crippen LogP contribution in [0.15, 0.2) is 41.4 Å². The van der Waals surface area contributed by atoms with Gasteiger partial charge in [-0.2, -0.15) is 5.26 Å². The molecule has 0 aliphatic carbocycles. The largest absolute Gasteiger partial charge is 0.256 e. The third kappa shape index (κ3) is 2.28. The first-order chi connectivity index (χ1) is 7.42.